The van der Waals surface area contributed by atoms with Crippen LogP contribution in [0.2, 0.25) is 0 Å². The van der Waals surface area contributed by atoms with E-state index in [-0.39, 0.29) is 30.1 Å². The highest BCUT2D eigenvalue weighted by Crippen LogP contribution is 2.20. The third-order valence-corrected chi connectivity index (χ3v) is 5.72. The standard InChI is InChI=1S/C17H17N3O5S/c21-9-8-20(11-12-4-2-1-3-5-12)26(24,25)13-6-7-14-15(10-13)19-17(23)16(22)18-14/h1-7,10,21H,8-9,11H2,(H,18,22)(H,19,23). The molecule has 26 heavy (non-hydrogen) atoms. The summed E-state index contributed by atoms with van der Waals surface area (Å²) >= 11 is 0. The van der Waals surface area contributed by atoms with Gasteiger partial charge in [0.1, 0.15) is 0 Å². The molecule has 0 unspecified atom stereocenters. The Morgan fingerprint density at radius 3 is 2.23 bits per heavy atom. The van der Waals surface area contributed by atoms with Gasteiger partial charge in [-0.3, -0.25) is 9.59 Å². The summed E-state index contributed by atoms with van der Waals surface area (Å²) in [5.41, 5.74) is -0.352. The molecule has 1 aromatic heterocycles. The van der Waals surface area contributed by atoms with Crippen molar-refractivity contribution < 1.29 is 13.5 Å². The van der Waals surface area contributed by atoms with Gasteiger partial charge in [-0.2, -0.15) is 4.31 Å². The zero-order valence-corrected chi connectivity index (χ0v) is 14.5. The number of hydrogen-bond donors (Lipinski definition) is 3. The molecule has 8 nitrogen and oxygen atoms in total. The Kier molecular flexibility index (Phi) is 5.03. The van der Waals surface area contributed by atoms with Gasteiger partial charge < -0.3 is 15.1 Å². The van der Waals surface area contributed by atoms with Crippen molar-refractivity contribution >= 4 is 21.1 Å². The minimum absolute atomic E-state index is 0.0444. The van der Waals surface area contributed by atoms with Crippen LogP contribution in [0.15, 0.2) is 63.0 Å². The Morgan fingerprint density at radius 2 is 1.58 bits per heavy atom. The van der Waals surface area contributed by atoms with Crippen LogP contribution in [0.4, 0.5) is 0 Å². The summed E-state index contributed by atoms with van der Waals surface area (Å²) in [7, 11) is -3.92. The summed E-state index contributed by atoms with van der Waals surface area (Å²) in [6.45, 7) is -0.300. The number of nitrogens with zero attached hydrogens (tertiary/aromatic N) is 1. The van der Waals surface area contributed by atoms with E-state index in [1.165, 1.54) is 18.2 Å². The van der Waals surface area contributed by atoms with E-state index in [1.54, 1.807) is 24.3 Å². The molecule has 0 fully saturated rings. The Hall–Kier alpha value is -2.75. The van der Waals surface area contributed by atoms with E-state index in [2.05, 4.69) is 9.97 Å². The molecule has 0 saturated heterocycles. The van der Waals surface area contributed by atoms with Gasteiger partial charge in [-0.05, 0) is 23.8 Å². The SMILES string of the molecule is O=c1[nH]c2ccc(S(=O)(=O)N(CCO)Cc3ccccc3)cc2[nH]c1=O. The quantitative estimate of drug-likeness (QED) is 0.538. The molecular weight excluding hydrogens is 358 g/mol. The lowest BCUT2D eigenvalue weighted by atomic mass is 10.2. The van der Waals surface area contributed by atoms with Gasteiger partial charge in [0.05, 0.1) is 22.5 Å². The van der Waals surface area contributed by atoms with E-state index < -0.39 is 21.1 Å². The third-order valence-electron chi connectivity index (χ3n) is 3.88. The van der Waals surface area contributed by atoms with E-state index in [0.29, 0.717) is 5.52 Å². The first-order chi connectivity index (χ1) is 12.4. The fraction of sp³-hybridized carbons (Fsp3) is 0.176. The molecular formula is C17H17N3O5S. The number of nitrogens with one attached hydrogen (secondary N) is 2. The Morgan fingerprint density at radius 1 is 0.923 bits per heavy atom. The number of aliphatic hydroxyl groups excluding tert-OH is 1. The number of sulfonamides is 1. The van der Waals surface area contributed by atoms with Gasteiger partial charge in [0.15, 0.2) is 0 Å². The van der Waals surface area contributed by atoms with Crippen LogP contribution in [-0.2, 0) is 16.6 Å². The van der Waals surface area contributed by atoms with Crippen molar-refractivity contribution in [3.63, 3.8) is 0 Å². The van der Waals surface area contributed by atoms with Gasteiger partial charge in [-0.15, -0.1) is 0 Å². The van der Waals surface area contributed by atoms with Crippen LogP contribution in [0.3, 0.4) is 0 Å². The first kappa shape index (κ1) is 18.1. The molecule has 9 heteroatoms. The topological polar surface area (TPSA) is 123 Å². The average Bonchev–Trinajstić information content (AvgIpc) is 2.63. The molecule has 0 atom stereocenters. The number of rotatable bonds is 6. The third kappa shape index (κ3) is 3.59. The minimum Gasteiger partial charge on any atom is -0.395 e. The highest BCUT2D eigenvalue weighted by Gasteiger charge is 2.24. The maximum absolute atomic E-state index is 13.0. The average molecular weight is 375 g/mol. The van der Waals surface area contributed by atoms with Crippen LogP contribution in [0, 0.1) is 0 Å². The van der Waals surface area contributed by atoms with Gasteiger partial charge in [0.25, 0.3) is 0 Å². The molecule has 0 aliphatic rings. The minimum atomic E-state index is -3.92. The van der Waals surface area contributed by atoms with E-state index >= 15 is 0 Å². The summed E-state index contributed by atoms with van der Waals surface area (Å²) in [6, 6.07) is 13.1. The summed E-state index contributed by atoms with van der Waals surface area (Å²) in [4.78, 5) is 27.5. The molecule has 0 aliphatic heterocycles. The van der Waals surface area contributed by atoms with Crippen molar-refractivity contribution in [2.75, 3.05) is 13.2 Å². The second kappa shape index (κ2) is 7.24. The first-order valence-corrected chi connectivity index (χ1v) is 9.27. The Labute approximate surface area is 148 Å². The molecule has 136 valence electrons. The van der Waals surface area contributed by atoms with Gasteiger partial charge in [0.2, 0.25) is 10.0 Å². The number of benzene rings is 2. The number of hydrogen-bond acceptors (Lipinski definition) is 5. The summed E-state index contributed by atoms with van der Waals surface area (Å²) < 4.78 is 27.1. The molecule has 0 bridgehead atoms. The zero-order valence-electron chi connectivity index (χ0n) is 13.7. The fourth-order valence-electron chi connectivity index (χ4n) is 2.59. The highest BCUT2D eigenvalue weighted by atomic mass is 32.2. The van der Waals surface area contributed by atoms with Crippen molar-refractivity contribution in [1.29, 1.82) is 0 Å². The predicted molar refractivity (Wildman–Crippen MR) is 96.3 cm³/mol. The zero-order chi connectivity index (χ0) is 18.7. The summed E-state index contributed by atoms with van der Waals surface area (Å²) in [5, 5.41) is 9.27. The monoisotopic (exact) mass is 375 g/mol. The second-order valence-corrected chi connectivity index (χ2v) is 7.60. The predicted octanol–water partition coefficient (Wildman–Crippen LogP) is 0.400. The molecule has 2 aromatic carbocycles. The van der Waals surface area contributed by atoms with Gasteiger partial charge in [-0.1, -0.05) is 30.3 Å². The van der Waals surface area contributed by atoms with Crippen LogP contribution in [-0.4, -0.2) is 40.9 Å². The Bertz CT molecular complexity index is 1140. The maximum Gasteiger partial charge on any atom is 0.314 e. The van der Waals surface area contributed by atoms with Crippen molar-refractivity contribution in [1.82, 2.24) is 14.3 Å². The molecule has 1 heterocycles. The maximum atomic E-state index is 13.0. The lowest BCUT2D eigenvalue weighted by Crippen LogP contribution is -2.33. The van der Waals surface area contributed by atoms with E-state index in [1.807, 2.05) is 6.07 Å². The first-order valence-electron chi connectivity index (χ1n) is 7.83. The highest BCUT2D eigenvalue weighted by molar-refractivity contribution is 7.89. The van der Waals surface area contributed by atoms with Crippen molar-refractivity contribution in [2.45, 2.75) is 11.4 Å². The van der Waals surface area contributed by atoms with Gasteiger partial charge in [0, 0.05) is 13.1 Å². The molecule has 0 amide bonds. The fourth-order valence-corrected chi connectivity index (χ4v) is 4.03. The van der Waals surface area contributed by atoms with Crippen LogP contribution >= 0.6 is 0 Å². The number of H-pyrrole nitrogens is 2. The second-order valence-electron chi connectivity index (χ2n) is 5.66. The largest absolute Gasteiger partial charge is 0.395 e. The normalized spacial score (nSPS) is 11.9. The van der Waals surface area contributed by atoms with Gasteiger partial charge in [-0.25, -0.2) is 8.42 Å². The summed E-state index contributed by atoms with van der Waals surface area (Å²) in [6.07, 6.45) is 0. The number of aromatic nitrogens is 2. The van der Waals surface area contributed by atoms with E-state index in [9.17, 15) is 23.1 Å². The van der Waals surface area contributed by atoms with Crippen LogP contribution in [0.1, 0.15) is 5.56 Å². The number of aliphatic hydroxyl groups is 1. The molecule has 3 aromatic rings. The molecule has 3 N–H and O–H groups in total. The van der Waals surface area contributed by atoms with Crippen LogP contribution in [0.25, 0.3) is 11.0 Å². The molecule has 0 radical (unpaired) electrons. The molecule has 0 spiro atoms. The lowest BCUT2D eigenvalue weighted by Gasteiger charge is -2.21. The molecule has 0 aliphatic carbocycles. The molecule has 3 rings (SSSR count). The van der Waals surface area contributed by atoms with Crippen molar-refractivity contribution in [2.24, 2.45) is 0 Å². The van der Waals surface area contributed by atoms with E-state index in [4.69, 9.17) is 0 Å². The van der Waals surface area contributed by atoms with Crippen LogP contribution < -0.4 is 11.1 Å². The Balaban J connectivity index is 2.03. The van der Waals surface area contributed by atoms with E-state index in [0.717, 1.165) is 9.87 Å². The number of fused-ring (bicyclic) bond motifs is 1. The van der Waals surface area contributed by atoms with Crippen molar-refractivity contribution in [3.05, 3.63) is 74.8 Å². The van der Waals surface area contributed by atoms with Gasteiger partial charge >= 0.3 is 11.1 Å². The van der Waals surface area contributed by atoms with Crippen molar-refractivity contribution in [3.8, 4) is 0 Å². The smallest absolute Gasteiger partial charge is 0.314 e. The van der Waals surface area contributed by atoms with Crippen LogP contribution in [0.5, 0.6) is 0 Å². The summed E-state index contributed by atoms with van der Waals surface area (Å²) in [5.74, 6) is 0. The molecule has 0 saturated carbocycles. The lowest BCUT2D eigenvalue weighted by molar-refractivity contribution is 0.251. The number of aromatic amines is 2.